The first-order chi connectivity index (χ1) is 15.9. The molecular weight excluding hydrogens is 433 g/mol. The fourth-order valence-electron chi connectivity index (χ4n) is 5.00. The van der Waals surface area contributed by atoms with Gasteiger partial charge in [0.15, 0.2) is 5.82 Å². The summed E-state index contributed by atoms with van der Waals surface area (Å²) in [7, 11) is 0. The summed E-state index contributed by atoms with van der Waals surface area (Å²) in [6.45, 7) is 0.782. The molecule has 3 heterocycles. The number of pyridine rings is 1. The number of amides is 1. The Morgan fingerprint density at radius 1 is 1.21 bits per heavy atom. The second kappa shape index (κ2) is 8.37. The number of nitrogens with zero attached hydrogens (tertiary/aromatic N) is 3. The lowest BCUT2D eigenvalue weighted by molar-refractivity contribution is 0.0429. The quantitative estimate of drug-likeness (QED) is 0.586. The molecule has 1 aromatic carbocycles. The van der Waals surface area contributed by atoms with E-state index >= 15 is 4.39 Å². The normalized spacial score (nSPS) is 19.6. The molecular formula is C24H25F3N4O2. The molecule has 6 nitrogen and oxygen atoms in total. The minimum atomic E-state index is -0.635. The van der Waals surface area contributed by atoms with Crippen LogP contribution < -0.4 is 10.2 Å². The average Bonchev–Trinajstić information content (AvgIpc) is 3.43. The zero-order valence-corrected chi connectivity index (χ0v) is 18.0. The average molecular weight is 458 g/mol. The molecule has 0 spiro atoms. The third-order valence-corrected chi connectivity index (χ3v) is 7.10. The van der Waals surface area contributed by atoms with Gasteiger partial charge in [-0.05, 0) is 49.9 Å². The number of aliphatic hydroxyl groups is 1. The summed E-state index contributed by atoms with van der Waals surface area (Å²) in [5.74, 6) is -2.18. The highest BCUT2D eigenvalue weighted by atomic mass is 19.1. The molecule has 2 aliphatic rings. The number of fused-ring (bicyclic) bond motifs is 1. The SMILES string of the molecule is O=C(NCC1(CO)CCC1)c1cnn2ccc(N3CCCC3c3cc(F)ccc3F)c(F)c12. The molecule has 1 saturated carbocycles. The molecule has 0 bridgehead atoms. The summed E-state index contributed by atoms with van der Waals surface area (Å²) in [6, 6.07) is 4.33. The minimum Gasteiger partial charge on any atom is -0.396 e. The van der Waals surface area contributed by atoms with E-state index in [0.29, 0.717) is 25.9 Å². The number of anilines is 1. The lowest BCUT2D eigenvalue weighted by Gasteiger charge is -2.40. The number of carbonyl (C=O) groups excluding carboxylic acids is 1. The molecule has 2 N–H and O–H groups in total. The Morgan fingerprint density at radius 3 is 2.76 bits per heavy atom. The minimum absolute atomic E-state index is 0.00641. The molecule has 33 heavy (non-hydrogen) atoms. The topological polar surface area (TPSA) is 69.9 Å². The Hall–Kier alpha value is -3.07. The first kappa shape index (κ1) is 21.8. The van der Waals surface area contributed by atoms with E-state index < -0.39 is 29.4 Å². The second-order valence-electron chi connectivity index (χ2n) is 9.08. The zero-order chi connectivity index (χ0) is 23.2. The summed E-state index contributed by atoms with van der Waals surface area (Å²) in [5, 5.41) is 16.5. The summed E-state index contributed by atoms with van der Waals surface area (Å²) >= 11 is 0. The fourth-order valence-corrected chi connectivity index (χ4v) is 5.00. The number of hydrogen-bond acceptors (Lipinski definition) is 4. The molecule has 174 valence electrons. The van der Waals surface area contributed by atoms with E-state index in [1.54, 1.807) is 17.2 Å². The van der Waals surface area contributed by atoms with Crippen LogP contribution in [0.2, 0.25) is 0 Å². The van der Waals surface area contributed by atoms with Crippen LogP contribution in [0.15, 0.2) is 36.7 Å². The smallest absolute Gasteiger partial charge is 0.255 e. The van der Waals surface area contributed by atoms with Crippen molar-refractivity contribution in [3.05, 3.63) is 65.2 Å². The number of hydrogen-bond donors (Lipinski definition) is 2. The van der Waals surface area contributed by atoms with Crippen LogP contribution in [0.25, 0.3) is 5.52 Å². The molecule has 9 heteroatoms. The van der Waals surface area contributed by atoms with E-state index in [0.717, 1.165) is 37.5 Å². The lowest BCUT2D eigenvalue weighted by atomic mass is 9.69. The van der Waals surface area contributed by atoms with E-state index in [1.807, 2.05) is 0 Å². The molecule has 2 fully saturated rings. The predicted molar refractivity (Wildman–Crippen MR) is 117 cm³/mol. The second-order valence-corrected chi connectivity index (χ2v) is 9.08. The Morgan fingerprint density at radius 2 is 2.03 bits per heavy atom. The van der Waals surface area contributed by atoms with Crippen molar-refractivity contribution < 1.29 is 23.1 Å². The van der Waals surface area contributed by atoms with Gasteiger partial charge in [-0.15, -0.1) is 0 Å². The van der Waals surface area contributed by atoms with E-state index in [-0.39, 0.29) is 34.4 Å². The number of halogens is 3. The number of rotatable bonds is 6. The van der Waals surface area contributed by atoms with Crippen molar-refractivity contribution in [1.82, 2.24) is 14.9 Å². The molecule has 1 aliphatic heterocycles. The van der Waals surface area contributed by atoms with Gasteiger partial charge in [-0.3, -0.25) is 4.79 Å². The molecule has 1 amide bonds. The van der Waals surface area contributed by atoms with E-state index in [9.17, 15) is 18.7 Å². The first-order valence-electron chi connectivity index (χ1n) is 11.2. The summed E-state index contributed by atoms with van der Waals surface area (Å²) in [4.78, 5) is 14.6. The van der Waals surface area contributed by atoms with Crippen molar-refractivity contribution in [2.45, 2.75) is 38.1 Å². The van der Waals surface area contributed by atoms with Crippen molar-refractivity contribution in [1.29, 1.82) is 0 Å². The number of nitrogens with one attached hydrogen (secondary N) is 1. The van der Waals surface area contributed by atoms with Gasteiger partial charge < -0.3 is 15.3 Å². The summed E-state index contributed by atoms with van der Waals surface area (Å²) < 4.78 is 45.3. The molecule has 5 rings (SSSR count). The van der Waals surface area contributed by atoms with Gasteiger partial charge >= 0.3 is 0 Å². The monoisotopic (exact) mass is 458 g/mol. The summed E-state index contributed by atoms with van der Waals surface area (Å²) in [5.41, 5.74) is 0.221. The highest BCUT2D eigenvalue weighted by molar-refractivity contribution is 6.01. The number of benzene rings is 1. The highest BCUT2D eigenvalue weighted by Crippen LogP contribution is 2.41. The van der Waals surface area contributed by atoms with Crippen molar-refractivity contribution >= 4 is 17.1 Å². The largest absolute Gasteiger partial charge is 0.396 e. The predicted octanol–water partition coefficient (Wildman–Crippen LogP) is 3.99. The van der Waals surface area contributed by atoms with Crippen molar-refractivity contribution in [2.75, 3.05) is 24.6 Å². The van der Waals surface area contributed by atoms with Crippen LogP contribution in [0, 0.1) is 22.9 Å². The van der Waals surface area contributed by atoms with E-state index in [1.165, 1.54) is 10.7 Å². The third-order valence-electron chi connectivity index (χ3n) is 7.10. The molecule has 1 unspecified atom stereocenters. The van der Waals surface area contributed by atoms with Crippen LogP contribution in [0.1, 0.15) is 54.1 Å². The molecule has 1 aliphatic carbocycles. The Kier molecular flexibility index (Phi) is 5.52. The molecule has 0 radical (unpaired) electrons. The lowest BCUT2D eigenvalue weighted by Crippen LogP contribution is -2.44. The van der Waals surface area contributed by atoms with E-state index in [2.05, 4.69) is 10.4 Å². The fraction of sp³-hybridized carbons (Fsp3) is 0.417. The van der Waals surface area contributed by atoms with Crippen LogP contribution in [0.3, 0.4) is 0 Å². The molecule has 3 aromatic rings. The van der Waals surface area contributed by atoms with Crippen molar-refractivity contribution in [3.8, 4) is 0 Å². The number of carbonyl (C=O) groups is 1. The van der Waals surface area contributed by atoms with Crippen LogP contribution in [-0.4, -0.2) is 40.3 Å². The number of aromatic nitrogens is 2. The summed E-state index contributed by atoms with van der Waals surface area (Å²) in [6.07, 6.45) is 6.81. The van der Waals surface area contributed by atoms with Gasteiger partial charge in [-0.2, -0.15) is 5.10 Å². The van der Waals surface area contributed by atoms with Crippen LogP contribution in [0.4, 0.5) is 18.9 Å². The van der Waals surface area contributed by atoms with Gasteiger partial charge in [0.25, 0.3) is 5.91 Å². The Bertz CT molecular complexity index is 1200. The van der Waals surface area contributed by atoms with E-state index in [4.69, 9.17) is 0 Å². The molecule has 1 saturated heterocycles. The van der Waals surface area contributed by atoms with Gasteiger partial charge in [0.05, 0.1) is 30.1 Å². The van der Waals surface area contributed by atoms with Gasteiger partial charge in [-0.1, -0.05) is 6.42 Å². The van der Waals surface area contributed by atoms with Crippen LogP contribution >= 0.6 is 0 Å². The standard InChI is InChI=1S/C24H25F3N4O2/c25-15-4-5-18(26)16(11-15)19-3-1-9-30(19)20-6-10-31-22(21(20)27)17(12-29-31)23(33)28-13-24(14-32)7-2-8-24/h4-6,10-12,19,32H,1-3,7-9,13-14H2,(H,28,33). The maximum absolute atomic E-state index is 15.8. The Labute approximate surface area is 189 Å². The number of aliphatic hydroxyl groups excluding tert-OH is 1. The van der Waals surface area contributed by atoms with Gasteiger partial charge in [0, 0.05) is 30.3 Å². The van der Waals surface area contributed by atoms with Gasteiger partial charge in [0.2, 0.25) is 0 Å². The maximum Gasteiger partial charge on any atom is 0.255 e. The van der Waals surface area contributed by atoms with Gasteiger partial charge in [0.1, 0.15) is 17.2 Å². The highest BCUT2D eigenvalue weighted by Gasteiger charge is 2.37. The zero-order valence-electron chi connectivity index (χ0n) is 18.0. The molecule has 2 aromatic heterocycles. The van der Waals surface area contributed by atoms with Gasteiger partial charge in [-0.25, -0.2) is 17.7 Å². The first-order valence-corrected chi connectivity index (χ1v) is 11.2. The van der Waals surface area contributed by atoms with Crippen molar-refractivity contribution in [2.24, 2.45) is 5.41 Å². The molecule has 1 atom stereocenters. The Balaban J connectivity index is 1.47. The van der Waals surface area contributed by atoms with Crippen LogP contribution in [0.5, 0.6) is 0 Å². The van der Waals surface area contributed by atoms with Crippen LogP contribution in [-0.2, 0) is 0 Å². The van der Waals surface area contributed by atoms with Crippen molar-refractivity contribution in [3.63, 3.8) is 0 Å². The third kappa shape index (κ3) is 3.74. The maximum atomic E-state index is 15.8.